The molecule has 0 unspecified atom stereocenters. The number of carbonyl (C=O) groups excluding carboxylic acids is 2. The van der Waals surface area contributed by atoms with Gasteiger partial charge in [-0.05, 0) is 31.2 Å². The second kappa shape index (κ2) is 6.79. The number of carbonyl (C=O) groups is 2. The molecule has 1 saturated heterocycles. The van der Waals surface area contributed by atoms with Crippen LogP contribution >= 0.6 is 0 Å². The van der Waals surface area contributed by atoms with Crippen LogP contribution in [0, 0.1) is 6.92 Å². The number of amides is 1. The number of nitrogens with zero attached hydrogens (tertiary/aromatic N) is 2. The van der Waals surface area contributed by atoms with Crippen LogP contribution in [0.2, 0.25) is 0 Å². The summed E-state index contributed by atoms with van der Waals surface area (Å²) in [6.45, 7) is 5.01. The molecular weight excluding hydrogens is 292 g/mol. The molecule has 1 fully saturated rings. The Kier molecular flexibility index (Phi) is 4.57. The molecule has 2 aromatic rings. The summed E-state index contributed by atoms with van der Waals surface area (Å²) in [5.74, 6) is 0.429. The highest BCUT2D eigenvalue weighted by molar-refractivity contribution is 5.95. The van der Waals surface area contributed by atoms with Gasteiger partial charge in [-0.3, -0.25) is 14.5 Å². The van der Waals surface area contributed by atoms with Crippen LogP contribution in [0.5, 0.6) is 0 Å². The minimum atomic E-state index is -0.0201. The Morgan fingerprint density at radius 1 is 1.04 bits per heavy atom. The Balaban J connectivity index is 1.53. The quantitative estimate of drug-likeness (QED) is 0.813. The Labute approximate surface area is 135 Å². The van der Waals surface area contributed by atoms with Crippen molar-refractivity contribution < 1.29 is 14.0 Å². The van der Waals surface area contributed by atoms with Crippen LogP contribution < -0.4 is 0 Å². The summed E-state index contributed by atoms with van der Waals surface area (Å²) in [5.41, 5.74) is 1.86. The highest BCUT2D eigenvalue weighted by Gasteiger charge is 2.24. The zero-order valence-electron chi connectivity index (χ0n) is 13.2. The first-order chi connectivity index (χ1) is 11.1. The van der Waals surface area contributed by atoms with E-state index in [-0.39, 0.29) is 11.7 Å². The lowest BCUT2D eigenvalue weighted by molar-refractivity contribution is 0.0620. The van der Waals surface area contributed by atoms with E-state index in [1.54, 1.807) is 12.1 Å². The highest BCUT2D eigenvalue weighted by atomic mass is 16.3. The normalized spacial score (nSPS) is 15.6. The summed E-state index contributed by atoms with van der Waals surface area (Å²) < 4.78 is 5.12. The average Bonchev–Trinajstić information content (AvgIpc) is 3.10. The van der Waals surface area contributed by atoms with Gasteiger partial charge in [0.05, 0.1) is 12.8 Å². The molecule has 1 aliphatic rings. The van der Waals surface area contributed by atoms with E-state index in [2.05, 4.69) is 4.90 Å². The molecule has 0 saturated carbocycles. The summed E-state index contributed by atoms with van der Waals surface area (Å²) in [4.78, 5) is 28.4. The lowest BCUT2D eigenvalue weighted by Crippen LogP contribution is -2.49. The van der Waals surface area contributed by atoms with Gasteiger partial charge in [0.1, 0.15) is 0 Å². The first-order valence-electron chi connectivity index (χ1n) is 7.78. The van der Waals surface area contributed by atoms with Crippen LogP contribution in [-0.2, 0) is 0 Å². The minimum absolute atomic E-state index is 0.0201. The summed E-state index contributed by atoms with van der Waals surface area (Å²) in [7, 11) is 0. The number of ketones is 1. The smallest absolute Gasteiger partial charge is 0.253 e. The minimum Gasteiger partial charge on any atom is -0.461 e. The SMILES string of the molecule is Cc1ccc(C(=O)N2CCN(CC(=O)c3ccco3)CC2)cc1. The molecule has 0 aliphatic carbocycles. The number of furan rings is 1. The second-order valence-corrected chi connectivity index (χ2v) is 5.83. The second-order valence-electron chi connectivity index (χ2n) is 5.83. The number of hydrogen-bond donors (Lipinski definition) is 0. The third kappa shape index (κ3) is 3.68. The fraction of sp³-hybridized carbons (Fsp3) is 0.333. The molecule has 3 rings (SSSR count). The summed E-state index contributed by atoms with van der Waals surface area (Å²) >= 11 is 0. The van der Waals surface area contributed by atoms with Gasteiger partial charge in [0, 0.05) is 31.7 Å². The first-order valence-corrected chi connectivity index (χ1v) is 7.78. The molecule has 5 heteroatoms. The maximum absolute atomic E-state index is 12.5. The van der Waals surface area contributed by atoms with E-state index >= 15 is 0 Å². The fourth-order valence-corrected chi connectivity index (χ4v) is 2.71. The van der Waals surface area contributed by atoms with Crippen molar-refractivity contribution in [3.63, 3.8) is 0 Å². The molecule has 120 valence electrons. The maximum Gasteiger partial charge on any atom is 0.253 e. The van der Waals surface area contributed by atoms with Crippen molar-refractivity contribution in [3.8, 4) is 0 Å². The van der Waals surface area contributed by atoms with E-state index in [4.69, 9.17) is 4.42 Å². The molecule has 0 atom stereocenters. The monoisotopic (exact) mass is 312 g/mol. The molecular formula is C18H20N2O3. The lowest BCUT2D eigenvalue weighted by atomic mass is 10.1. The molecule has 0 radical (unpaired) electrons. The molecule has 0 bridgehead atoms. The van der Waals surface area contributed by atoms with Crippen molar-refractivity contribution in [2.24, 2.45) is 0 Å². The van der Waals surface area contributed by atoms with Crippen LogP contribution in [0.1, 0.15) is 26.5 Å². The molecule has 1 aromatic heterocycles. The average molecular weight is 312 g/mol. The Morgan fingerprint density at radius 3 is 2.35 bits per heavy atom. The van der Waals surface area contributed by atoms with E-state index in [1.807, 2.05) is 36.1 Å². The van der Waals surface area contributed by atoms with Crippen LogP contribution in [-0.4, -0.2) is 54.2 Å². The van der Waals surface area contributed by atoms with E-state index < -0.39 is 0 Å². The van der Waals surface area contributed by atoms with Crippen molar-refractivity contribution in [1.82, 2.24) is 9.80 Å². The fourth-order valence-electron chi connectivity index (χ4n) is 2.71. The number of rotatable bonds is 4. The summed E-state index contributed by atoms with van der Waals surface area (Å²) in [6.07, 6.45) is 1.51. The van der Waals surface area contributed by atoms with Crippen LogP contribution in [0.4, 0.5) is 0 Å². The molecule has 5 nitrogen and oxygen atoms in total. The molecule has 23 heavy (non-hydrogen) atoms. The number of hydrogen-bond acceptors (Lipinski definition) is 4. The lowest BCUT2D eigenvalue weighted by Gasteiger charge is -2.34. The summed E-state index contributed by atoms with van der Waals surface area (Å²) in [5, 5.41) is 0. The first kappa shape index (κ1) is 15.5. The molecule has 1 aliphatic heterocycles. The largest absolute Gasteiger partial charge is 0.461 e. The van der Waals surface area contributed by atoms with Gasteiger partial charge in [-0.1, -0.05) is 17.7 Å². The van der Waals surface area contributed by atoms with Crippen LogP contribution in [0.3, 0.4) is 0 Å². The van der Waals surface area contributed by atoms with Crippen molar-refractivity contribution in [3.05, 3.63) is 59.5 Å². The van der Waals surface area contributed by atoms with Gasteiger partial charge in [0.2, 0.25) is 5.78 Å². The topological polar surface area (TPSA) is 53.8 Å². The van der Waals surface area contributed by atoms with Gasteiger partial charge in [0.15, 0.2) is 5.76 Å². The highest BCUT2D eigenvalue weighted by Crippen LogP contribution is 2.11. The standard InChI is InChI=1S/C18H20N2O3/c1-14-4-6-15(7-5-14)18(22)20-10-8-19(9-11-20)13-16(21)17-3-2-12-23-17/h2-7,12H,8-11,13H2,1H3. The maximum atomic E-state index is 12.5. The van der Waals surface area contributed by atoms with Crippen molar-refractivity contribution in [2.45, 2.75) is 6.92 Å². The van der Waals surface area contributed by atoms with Gasteiger partial charge in [-0.25, -0.2) is 0 Å². The van der Waals surface area contributed by atoms with E-state index in [0.717, 1.165) is 11.1 Å². The van der Waals surface area contributed by atoms with Gasteiger partial charge < -0.3 is 9.32 Å². The molecule has 0 spiro atoms. The molecule has 1 aromatic carbocycles. The van der Waals surface area contributed by atoms with Gasteiger partial charge in [0.25, 0.3) is 5.91 Å². The predicted molar refractivity (Wildman–Crippen MR) is 86.6 cm³/mol. The van der Waals surface area contributed by atoms with Gasteiger partial charge in [-0.2, -0.15) is 0 Å². The van der Waals surface area contributed by atoms with Crippen molar-refractivity contribution in [2.75, 3.05) is 32.7 Å². The predicted octanol–water partition coefficient (Wildman–Crippen LogP) is 2.23. The van der Waals surface area contributed by atoms with Crippen molar-refractivity contribution >= 4 is 11.7 Å². The Bertz CT molecular complexity index is 669. The number of Topliss-reactive ketones (excluding diaryl/α,β-unsaturated/α-hetero) is 1. The number of benzene rings is 1. The van der Waals surface area contributed by atoms with E-state index in [1.165, 1.54) is 6.26 Å². The zero-order valence-corrected chi connectivity index (χ0v) is 13.2. The molecule has 1 amide bonds. The van der Waals surface area contributed by atoms with E-state index in [0.29, 0.717) is 38.5 Å². The number of piperazine rings is 1. The third-order valence-electron chi connectivity index (χ3n) is 4.12. The Hall–Kier alpha value is -2.40. The van der Waals surface area contributed by atoms with Crippen LogP contribution in [0.25, 0.3) is 0 Å². The number of aryl methyl sites for hydroxylation is 1. The van der Waals surface area contributed by atoms with Crippen molar-refractivity contribution in [1.29, 1.82) is 0 Å². The zero-order chi connectivity index (χ0) is 16.2. The van der Waals surface area contributed by atoms with Gasteiger partial charge >= 0.3 is 0 Å². The third-order valence-corrected chi connectivity index (χ3v) is 4.12. The van der Waals surface area contributed by atoms with Gasteiger partial charge in [-0.15, -0.1) is 0 Å². The van der Waals surface area contributed by atoms with Crippen LogP contribution in [0.15, 0.2) is 47.1 Å². The summed E-state index contributed by atoms with van der Waals surface area (Å²) in [6, 6.07) is 11.0. The molecule has 0 N–H and O–H groups in total. The molecule has 2 heterocycles. The van der Waals surface area contributed by atoms with E-state index in [9.17, 15) is 9.59 Å². The Morgan fingerprint density at radius 2 is 1.74 bits per heavy atom.